The van der Waals surface area contributed by atoms with Crippen LogP contribution in [0.5, 0.6) is 0 Å². The molecule has 0 atom stereocenters. The molecule has 0 radical (unpaired) electrons. The van der Waals surface area contributed by atoms with Gasteiger partial charge in [-0.1, -0.05) is 49.0 Å². The van der Waals surface area contributed by atoms with E-state index < -0.39 is 12.1 Å². The van der Waals surface area contributed by atoms with Crippen LogP contribution >= 0.6 is 0 Å². The largest absolute Gasteiger partial charge is 0.475 e. The van der Waals surface area contributed by atoms with E-state index in [2.05, 4.69) is 27.2 Å². The van der Waals surface area contributed by atoms with Crippen LogP contribution in [0.4, 0.5) is 10.6 Å². The third-order valence-corrected chi connectivity index (χ3v) is 5.61. The van der Waals surface area contributed by atoms with E-state index in [1.165, 1.54) is 0 Å². The molecule has 0 aliphatic carbocycles. The fraction of sp³-hybridized carbons (Fsp3) is 0.192. The highest BCUT2D eigenvalue weighted by Crippen LogP contribution is 2.29. The molecular formula is C26H26N6O5. The molecular weight excluding hydrogens is 476 g/mol. The fourth-order valence-electron chi connectivity index (χ4n) is 3.81. The quantitative estimate of drug-likeness (QED) is 0.201. The average Bonchev–Trinajstić information content (AvgIpc) is 3.26. The molecule has 2 heterocycles. The second-order valence-electron chi connectivity index (χ2n) is 8.38. The van der Waals surface area contributed by atoms with E-state index in [4.69, 9.17) is 10.5 Å². The van der Waals surface area contributed by atoms with Crippen LogP contribution in [-0.2, 0) is 22.6 Å². The number of carboxylic acid groups (broad SMARTS) is 1. The Morgan fingerprint density at radius 3 is 2.46 bits per heavy atom. The minimum absolute atomic E-state index is 0.0310. The Bertz CT molecular complexity index is 1510. The molecule has 0 unspecified atom stereocenters. The van der Waals surface area contributed by atoms with E-state index in [9.17, 15) is 19.5 Å². The lowest BCUT2D eigenvalue weighted by Gasteiger charge is -2.11. The van der Waals surface area contributed by atoms with Crippen molar-refractivity contribution in [3.05, 3.63) is 77.6 Å². The molecule has 0 spiro atoms. The van der Waals surface area contributed by atoms with Crippen molar-refractivity contribution in [2.45, 2.75) is 20.0 Å². The van der Waals surface area contributed by atoms with Gasteiger partial charge in [0.25, 0.3) is 0 Å². The van der Waals surface area contributed by atoms with Crippen LogP contribution in [0.1, 0.15) is 28.7 Å². The number of alkyl carbamates (subject to hydrolysis) is 1. The molecule has 0 bridgehead atoms. The number of benzene rings is 2. The van der Waals surface area contributed by atoms with Gasteiger partial charge < -0.3 is 30.8 Å². The van der Waals surface area contributed by atoms with E-state index in [0.717, 1.165) is 16.5 Å². The third kappa shape index (κ3) is 5.67. The molecule has 0 aliphatic heterocycles. The number of ether oxygens (including phenoxy) is 1. The van der Waals surface area contributed by atoms with Gasteiger partial charge in [-0.15, -0.1) is 0 Å². The van der Waals surface area contributed by atoms with Crippen molar-refractivity contribution in [1.82, 2.24) is 25.2 Å². The number of amides is 2. The molecule has 2 amide bonds. The Hall–Kier alpha value is -4.93. The molecule has 0 saturated heterocycles. The minimum Gasteiger partial charge on any atom is -0.475 e. The molecule has 0 saturated carbocycles. The number of aromatic nitrogens is 3. The van der Waals surface area contributed by atoms with Gasteiger partial charge >= 0.3 is 12.1 Å². The Morgan fingerprint density at radius 2 is 1.76 bits per heavy atom. The van der Waals surface area contributed by atoms with Crippen LogP contribution in [0, 0.1) is 0 Å². The number of nitrogens with two attached hydrogens (primary N) is 1. The summed E-state index contributed by atoms with van der Waals surface area (Å²) in [4.78, 5) is 43.9. The van der Waals surface area contributed by atoms with Gasteiger partial charge in [-0.05, 0) is 24.1 Å². The molecule has 190 valence electrons. The zero-order chi connectivity index (χ0) is 26.5. The lowest BCUT2D eigenvalue weighted by Crippen LogP contribution is -2.31. The number of imidazole rings is 1. The van der Waals surface area contributed by atoms with Crippen molar-refractivity contribution in [2.24, 2.45) is 0 Å². The van der Waals surface area contributed by atoms with Gasteiger partial charge in [0.15, 0.2) is 5.82 Å². The van der Waals surface area contributed by atoms with E-state index in [-0.39, 0.29) is 43.8 Å². The van der Waals surface area contributed by atoms with Gasteiger partial charge in [-0.25, -0.2) is 19.6 Å². The van der Waals surface area contributed by atoms with E-state index in [1.807, 2.05) is 48.5 Å². The number of aromatic carboxylic acids is 1. The summed E-state index contributed by atoms with van der Waals surface area (Å²) in [6.45, 7) is 5.82. The standard InChI is InChI=1S/C26H26N6O5/c1-15(2)24(33)28-11-12-37-26(36)29-13-16-7-9-17(10-8-16)14-32-21-18-5-3-4-6-19(18)30-22(27)20(21)31-23(32)25(34)35/h3-10H,1,11-14H2,2H3,(H2,27,30)(H,28,33)(H,29,36)(H,34,35). The number of hydrogen-bond donors (Lipinski definition) is 4. The Labute approximate surface area is 212 Å². The van der Waals surface area contributed by atoms with Crippen molar-refractivity contribution in [1.29, 1.82) is 0 Å². The van der Waals surface area contributed by atoms with Gasteiger partial charge in [0.05, 0.1) is 17.6 Å². The van der Waals surface area contributed by atoms with Crippen molar-refractivity contribution >= 4 is 45.7 Å². The summed E-state index contributed by atoms with van der Waals surface area (Å²) in [5, 5.41) is 15.8. The maximum Gasteiger partial charge on any atom is 0.407 e. The number of anilines is 1. The summed E-state index contributed by atoms with van der Waals surface area (Å²) >= 11 is 0. The first-order valence-electron chi connectivity index (χ1n) is 11.4. The second-order valence-corrected chi connectivity index (χ2v) is 8.38. The number of pyridine rings is 1. The maximum absolute atomic E-state index is 12.0. The third-order valence-electron chi connectivity index (χ3n) is 5.61. The van der Waals surface area contributed by atoms with E-state index in [0.29, 0.717) is 22.1 Å². The summed E-state index contributed by atoms with van der Waals surface area (Å²) < 4.78 is 6.65. The molecule has 4 rings (SSSR count). The van der Waals surface area contributed by atoms with Crippen molar-refractivity contribution in [3.8, 4) is 0 Å². The summed E-state index contributed by atoms with van der Waals surface area (Å²) in [7, 11) is 0. The average molecular weight is 503 g/mol. The minimum atomic E-state index is -1.17. The molecule has 4 aromatic rings. The summed E-state index contributed by atoms with van der Waals surface area (Å²) in [5.41, 5.74) is 9.72. The Balaban J connectivity index is 1.44. The number of carboxylic acids is 1. The van der Waals surface area contributed by atoms with Gasteiger partial charge in [-0.3, -0.25) is 4.79 Å². The highest BCUT2D eigenvalue weighted by molar-refractivity contribution is 6.08. The molecule has 11 heteroatoms. The van der Waals surface area contributed by atoms with Gasteiger partial charge in [-0.2, -0.15) is 0 Å². The van der Waals surface area contributed by atoms with Crippen molar-refractivity contribution in [3.63, 3.8) is 0 Å². The monoisotopic (exact) mass is 502 g/mol. The van der Waals surface area contributed by atoms with Gasteiger partial charge in [0.2, 0.25) is 11.7 Å². The number of nitrogens with zero attached hydrogens (tertiary/aromatic N) is 3. The van der Waals surface area contributed by atoms with Crippen molar-refractivity contribution in [2.75, 3.05) is 18.9 Å². The predicted molar refractivity (Wildman–Crippen MR) is 138 cm³/mol. The van der Waals surface area contributed by atoms with Crippen LogP contribution in [-0.4, -0.2) is 50.8 Å². The summed E-state index contributed by atoms with van der Waals surface area (Å²) in [6.07, 6.45) is -0.609. The normalized spacial score (nSPS) is 10.8. The summed E-state index contributed by atoms with van der Waals surface area (Å²) in [6, 6.07) is 14.7. The van der Waals surface area contributed by atoms with Gasteiger partial charge in [0.1, 0.15) is 12.1 Å². The van der Waals surface area contributed by atoms with Crippen LogP contribution in [0.2, 0.25) is 0 Å². The predicted octanol–water partition coefficient (Wildman–Crippen LogP) is 2.83. The zero-order valence-corrected chi connectivity index (χ0v) is 20.2. The topological polar surface area (TPSA) is 161 Å². The van der Waals surface area contributed by atoms with Crippen molar-refractivity contribution < 1.29 is 24.2 Å². The molecule has 5 N–H and O–H groups in total. The molecule has 2 aromatic heterocycles. The summed E-state index contributed by atoms with van der Waals surface area (Å²) in [5.74, 6) is -1.43. The molecule has 11 nitrogen and oxygen atoms in total. The number of hydrogen-bond acceptors (Lipinski definition) is 7. The lowest BCUT2D eigenvalue weighted by molar-refractivity contribution is -0.117. The number of para-hydroxylation sites is 1. The van der Waals surface area contributed by atoms with Crippen LogP contribution in [0.25, 0.3) is 21.9 Å². The Kier molecular flexibility index (Phi) is 7.33. The van der Waals surface area contributed by atoms with E-state index >= 15 is 0 Å². The zero-order valence-electron chi connectivity index (χ0n) is 20.2. The smallest absolute Gasteiger partial charge is 0.407 e. The molecule has 0 fully saturated rings. The number of carbonyl (C=O) groups is 3. The van der Waals surface area contributed by atoms with Crippen LogP contribution in [0.15, 0.2) is 60.7 Å². The molecule has 2 aromatic carbocycles. The number of fused-ring (bicyclic) bond motifs is 3. The first-order chi connectivity index (χ1) is 17.7. The highest BCUT2D eigenvalue weighted by atomic mass is 16.5. The fourth-order valence-corrected chi connectivity index (χ4v) is 3.81. The second kappa shape index (κ2) is 10.8. The van der Waals surface area contributed by atoms with E-state index in [1.54, 1.807) is 11.5 Å². The molecule has 37 heavy (non-hydrogen) atoms. The number of nitrogen functional groups attached to an aromatic ring is 1. The SMILES string of the molecule is C=C(C)C(=O)NCCOC(=O)NCc1ccc(Cn2c(C(=O)O)nc3c(N)nc4ccccc4c32)cc1. The first-order valence-corrected chi connectivity index (χ1v) is 11.4. The van der Waals surface area contributed by atoms with Gasteiger partial charge in [0, 0.05) is 24.0 Å². The van der Waals surface area contributed by atoms with Crippen LogP contribution in [0.3, 0.4) is 0 Å². The Morgan fingerprint density at radius 1 is 1.05 bits per heavy atom. The molecule has 0 aliphatic rings. The highest BCUT2D eigenvalue weighted by Gasteiger charge is 2.21. The maximum atomic E-state index is 12.0. The lowest BCUT2D eigenvalue weighted by atomic mass is 10.1. The number of rotatable bonds is 9. The van der Waals surface area contributed by atoms with Crippen LogP contribution < -0.4 is 16.4 Å². The number of carbonyl (C=O) groups excluding carboxylic acids is 2. The number of nitrogens with one attached hydrogen (secondary N) is 2. The first kappa shape index (κ1) is 25.2.